The van der Waals surface area contributed by atoms with Gasteiger partial charge in [0.25, 0.3) is 0 Å². The second kappa shape index (κ2) is 11.0. The molecule has 1 amide bonds. The van der Waals surface area contributed by atoms with Crippen molar-refractivity contribution in [3.63, 3.8) is 0 Å². The second-order valence-corrected chi connectivity index (χ2v) is 7.92. The molecule has 7 heteroatoms. The standard InChI is InChI=1S/C24H24Cl2N2O3/c1-16(28-24(29)8-5-18-3-6-20(25)14-21(18)26)19-4-7-22(23(13-19)30-2)31-15-17-9-11-27-12-10-17/h3-4,6-7,9-14,16H,5,8,15H2,1-2H3,(H,28,29). The highest BCUT2D eigenvalue weighted by molar-refractivity contribution is 6.35. The van der Waals surface area contributed by atoms with Crippen LogP contribution in [0.5, 0.6) is 11.5 Å². The summed E-state index contributed by atoms with van der Waals surface area (Å²) in [7, 11) is 1.59. The summed E-state index contributed by atoms with van der Waals surface area (Å²) in [6.45, 7) is 2.34. The van der Waals surface area contributed by atoms with Gasteiger partial charge < -0.3 is 14.8 Å². The summed E-state index contributed by atoms with van der Waals surface area (Å²) in [5, 5.41) is 4.16. The third kappa shape index (κ3) is 6.61. The first-order valence-corrected chi connectivity index (χ1v) is 10.6. The number of rotatable bonds is 9. The molecule has 0 spiro atoms. The number of ether oxygens (including phenoxy) is 2. The van der Waals surface area contributed by atoms with E-state index < -0.39 is 0 Å². The Kier molecular flexibility index (Phi) is 8.15. The normalized spacial score (nSPS) is 11.6. The lowest BCUT2D eigenvalue weighted by atomic mass is 10.1. The molecule has 0 fully saturated rings. The van der Waals surface area contributed by atoms with Crippen LogP contribution in [0.4, 0.5) is 0 Å². The Morgan fingerprint density at radius 3 is 2.55 bits per heavy atom. The number of halogens is 2. The molecule has 3 rings (SSSR count). The molecule has 1 heterocycles. The number of carbonyl (C=O) groups excluding carboxylic acids is 1. The molecule has 2 aromatic carbocycles. The number of nitrogens with zero attached hydrogens (tertiary/aromatic N) is 1. The van der Waals surface area contributed by atoms with Crippen molar-refractivity contribution < 1.29 is 14.3 Å². The van der Waals surface area contributed by atoms with Crippen molar-refractivity contribution in [3.8, 4) is 11.5 Å². The van der Waals surface area contributed by atoms with Crippen LogP contribution < -0.4 is 14.8 Å². The predicted molar refractivity (Wildman–Crippen MR) is 123 cm³/mol. The Bertz CT molecular complexity index is 1030. The summed E-state index contributed by atoms with van der Waals surface area (Å²) >= 11 is 12.1. The van der Waals surface area contributed by atoms with E-state index in [1.54, 1.807) is 31.6 Å². The molecule has 0 saturated heterocycles. The number of aromatic nitrogens is 1. The lowest BCUT2D eigenvalue weighted by Crippen LogP contribution is -2.26. The van der Waals surface area contributed by atoms with Gasteiger partial charge in [-0.2, -0.15) is 0 Å². The molecule has 0 radical (unpaired) electrons. The Labute approximate surface area is 192 Å². The fourth-order valence-corrected chi connectivity index (χ4v) is 3.59. The fourth-order valence-electron chi connectivity index (χ4n) is 3.08. The van der Waals surface area contributed by atoms with E-state index in [-0.39, 0.29) is 11.9 Å². The van der Waals surface area contributed by atoms with E-state index in [0.717, 1.165) is 16.7 Å². The van der Waals surface area contributed by atoms with Gasteiger partial charge in [0.05, 0.1) is 13.2 Å². The zero-order valence-electron chi connectivity index (χ0n) is 17.4. The average Bonchev–Trinajstić information content (AvgIpc) is 2.77. The molecule has 1 N–H and O–H groups in total. The lowest BCUT2D eigenvalue weighted by molar-refractivity contribution is -0.121. The molecule has 162 valence electrons. The monoisotopic (exact) mass is 458 g/mol. The number of hydrogen-bond acceptors (Lipinski definition) is 4. The predicted octanol–water partition coefficient (Wildman–Crippen LogP) is 5.79. The van der Waals surface area contributed by atoms with Crippen molar-refractivity contribution in [1.82, 2.24) is 10.3 Å². The largest absolute Gasteiger partial charge is 0.493 e. The lowest BCUT2D eigenvalue weighted by Gasteiger charge is -2.17. The maximum absolute atomic E-state index is 12.4. The minimum atomic E-state index is -0.184. The zero-order chi connectivity index (χ0) is 22.2. The molecule has 31 heavy (non-hydrogen) atoms. The molecule has 0 bridgehead atoms. The van der Waals surface area contributed by atoms with E-state index in [1.807, 2.05) is 43.3 Å². The van der Waals surface area contributed by atoms with Crippen LogP contribution >= 0.6 is 23.2 Å². The van der Waals surface area contributed by atoms with Gasteiger partial charge in [-0.3, -0.25) is 9.78 Å². The van der Waals surface area contributed by atoms with Crippen molar-refractivity contribution in [2.45, 2.75) is 32.4 Å². The summed E-state index contributed by atoms with van der Waals surface area (Å²) < 4.78 is 11.4. The Morgan fingerprint density at radius 2 is 1.84 bits per heavy atom. The van der Waals surface area contributed by atoms with Gasteiger partial charge >= 0.3 is 0 Å². The summed E-state index contributed by atoms with van der Waals surface area (Å²) in [6, 6.07) is 14.6. The molecular weight excluding hydrogens is 435 g/mol. The van der Waals surface area contributed by atoms with Crippen LogP contribution in [0, 0.1) is 0 Å². The quantitative estimate of drug-likeness (QED) is 0.440. The maximum Gasteiger partial charge on any atom is 0.220 e. The molecule has 3 aromatic rings. The SMILES string of the molecule is COc1cc(C(C)NC(=O)CCc2ccc(Cl)cc2Cl)ccc1OCc1ccncc1. The number of pyridine rings is 1. The smallest absolute Gasteiger partial charge is 0.220 e. The molecule has 1 atom stereocenters. The van der Waals surface area contributed by atoms with Crippen molar-refractivity contribution in [3.05, 3.63) is 87.7 Å². The Morgan fingerprint density at radius 1 is 1.06 bits per heavy atom. The summed E-state index contributed by atoms with van der Waals surface area (Å²) in [5.74, 6) is 1.19. The van der Waals surface area contributed by atoms with Crippen molar-refractivity contribution in [2.24, 2.45) is 0 Å². The van der Waals surface area contributed by atoms with E-state index in [4.69, 9.17) is 32.7 Å². The van der Waals surface area contributed by atoms with Crippen molar-refractivity contribution >= 4 is 29.1 Å². The Hall–Kier alpha value is -2.76. The van der Waals surface area contributed by atoms with E-state index in [2.05, 4.69) is 10.3 Å². The highest BCUT2D eigenvalue weighted by Gasteiger charge is 2.14. The molecule has 0 aliphatic rings. The first-order chi connectivity index (χ1) is 15.0. The van der Waals surface area contributed by atoms with Gasteiger partial charge in [0, 0.05) is 28.9 Å². The molecule has 0 aliphatic heterocycles. The number of amides is 1. The highest BCUT2D eigenvalue weighted by atomic mass is 35.5. The summed E-state index contributed by atoms with van der Waals surface area (Å²) in [6.07, 6.45) is 4.32. The van der Waals surface area contributed by atoms with Gasteiger partial charge in [-0.15, -0.1) is 0 Å². The number of nitrogens with one attached hydrogen (secondary N) is 1. The molecule has 5 nitrogen and oxygen atoms in total. The van der Waals surface area contributed by atoms with Crippen LogP contribution in [-0.4, -0.2) is 18.0 Å². The second-order valence-electron chi connectivity index (χ2n) is 7.08. The van der Waals surface area contributed by atoms with Gasteiger partial charge in [0.15, 0.2) is 11.5 Å². The van der Waals surface area contributed by atoms with E-state index in [1.165, 1.54) is 0 Å². The number of carbonyl (C=O) groups is 1. The highest BCUT2D eigenvalue weighted by Crippen LogP contribution is 2.31. The maximum atomic E-state index is 12.4. The van der Waals surface area contributed by atoms with Crippen molar-refractivity contribution in [1.29, 1.82) is 0 Å². The third-order valence-corrected chi connectivity index (χ3v) is 5.43. The van der Waals surface area contributed by atoms with Gasteiger partial charge in [-0.05, 0) is 66.4 Å². The third-order valence-electron chi connectivity index (χ3n) is 4.85. The zero-order valence-corrected chi connectivity index (χ0v) is 18.9. The Balaban J connectivity index is 1.57. The minimum absolute atomic E-state index is 0.0597. The first kappa shape index (κ1) is 22.9. The van der Waals surface area contributed by atoms with Gasteiger partial charge in [0.2, 0.25) is 5.91 Å². The van der Waals surface area contributed by atoms with E-state index in [9.17, 15) is 4.79 Å². The van der Waals surface area contributed by atoms with Crippen LogP contribution in [0.3, 0.4) is 0 Å². The van der Waals surface area contributed by atoms with Crippen LogP contribution in [-0.2, 0) is 17.8 Å². The number of methoxy groups -OCH3 is 1. The molecule has 0 aliphatic carbocycles. The molecular formula is C24H24Cl2N2O3. The fraction of sp³-hybridized carbons (Fsp3) is 0.250. The topological polar surface area (TPSA) is 60.5 Å². The van der Waals surface area contributed by atoms with Gasteiger partial charge in [0.1, 0.15) is 6.61 Å². The number of benzene rings is 2. The number of hydrogen-bond donors (Lipinski definition) is 1. The summed E-state index contributed by atoms with van der Waals surface area (Å²) in [5.41, 5.74) is 2.83. The minimum Gasteiger partial charge on any atom is -0.493 e. The van der Waals surface area contributed by atoms with Crippen LogP contribution in [0.25, 0.3) is 0 Å². The van der Waals surface area contributed by atoms with Crippen LogP contribution in [0.1, 0.15) is 36.1 Å². The molecule has 1 aromatic heterocycles. The van der Waals surface area contributed by atoms with E-state index >= 15 is 0 Å². The van der Waals surface area contributed by atoms with Gasteiger partial charge in [-0.1, -0.05) is 35.3 Å². The first-order valence-electron chi connectivity index (χ1n) is 9.89. The van der Waals surface area contributed by atoms with Gasteiger partial charge in [-0.25, -0.2) is 0 Å². The van der Waals surface area contributed by atoms with Crippen molar-refractivity contribution in [2.75, 3.05) is 7.11 Å². The molecule has 0 saturated carbocycles. The number of aryl methyl sites for hydroxylation is 1. The summed E-state index contributed by atoms with van der Waals surface area (Å²) in [4.78, 5) is 16.4. The van der Waals surface area contributed by atoms with E-state index in [0.29, 0.717) is 41.0 Å². The van der Waals surface area contributed by atoms with Crippen LogP contribution in [0.15, 0.2) is 60.9 Å². The average molecular weight is 459 g/mol. The van der Waals surface area contributed by atoms with Crippen LogP contribution in [0.2, 0.25) is 10.0 Å². The molecule has 1 unspecified atom stereocenters.